The molecule has 0 spiro atoms. The highest BCUT2D eigenvalue weighted by Crippen LogP contribution is 2.56. The maximum absolute atomic E-state index is 12.5. The summed E-state index contributed by atoms with van der Waals surface area (Å²) in [6.45, 7) is 27.0. The quantitative estimate of drug-likeness (QED) is 0.0369. The van der Waals surface area contributed by atoms with Crippen LogP contribution in [0.3, 0.4) is 0 Å². The Bertz CT molecular complexity index is 1360. The number of hydrogen-bond acceptors (Lipinski definition) is 7. The Labute approximate surface area is 449 Å². The molecule has 0 aromatic carbocycles. The van der Waals surface area contributed by atoms with Gasteiger partial charge in [0.25, 0.3) is 0 Å². The molecule has 0 aromatic heterocycles. The summed E-state index contributed by atoms with van der Waals surface area (Å²) in [7, 11) is 0. The van der Waals surface area contributed by atoms with E-state index in [0.29, 0.717) is 45.0 Å². The van der Waals surface area contributed by atoms with E-state index in [2.05, 4.69) is 89.9 Å². The summed E-state index contributed by atoms with van der Waals surface area (Å²) in [5, 5.41) is 2.99. The molecule has 1 aliphatic heterocycles. The Morgan fingerprint density at radius 2 is 1.39 bits per heavy atom. The average Bonchev–Trinajstić information content (AvgIpc) is 3.69. The zero-order valence-electron chi connectivity index (χ0n) is 49.0. The van der Waals surface area contributed by atoms with Gasteiger partial charge in [0.05, 0.1) is 39.0 Å². The number of carbonyl (C=O) groups is 2. The number of nitrogens with zero attached hydrogens (tertiary/aromatic N) is 1. The molecule has 1 saturated carbocycles. The van der Waals surface area contributed by atoms with Crippen molar-refractivity contribution in [3.63, 3.8) is 0 Å². The summed E-state index contributed by atoms with van der Waals surface area (Å²) in [4.78, 5) is 27.6. The third kappa shape index (κ3) is 32.6. The van der Waals surface area contributed by atoms with Crippen molar-refractivity contribution in [1.29, 1.82) is 0 Å². The number of nitrogens with one attached hydrogen (secondary N) is 1. The molecule has 1 heterocycles. The fourth-order valence-corrected chi connectivity index (χ4v) is 12.1. The van der Waals surface area contributed by atoms with Crippen molar-refractivity contribution in [1.82, 2.24) is 10.2 Å². The fourth-order valence-electron chi connectivity index (χ4n) is 12.1. The van der Waals surface area contributed by atoms with Gasteiger partial charge in [0.2, 0.25) is 5.91 Å². The van der Waals surface area contributed by atoms with E-state index in [1.54, 1.807) is 0 Å². The van der Waals surface area contributed by atoms with Crippen molar-refractivity contribution in [2.24, 2.45) is 34.5 Å². The SMILES string of the molecule is CCCCC/C=C\C/C=C\CCCCCCCCOCC(CN1CCCCC1)OCCOCCCCCNC(=O)CCC(=O)OCCC[C@@](C)(CC)CCC[C@@]1(C)C(CCC)CC[C@@H]1[C@H](C)CCCC(C)C.[HH].[HH]. The number of rotatable bonds is 48. The van der Waals surface area contributed by atoms with Gasteiger partial charge in [-0.15, -0.1) is 0 Å². The summed E-state index contributed by atoms with van der Waals surface area (Å²) in [6, 6.07) is 0. The molecule has 1 N–H and O–H groups in total. The minimum Gasteiger partial charge on any atom is -0.466 e. The molecule has 2 rings (SSSR count). The molecule has 1 saturated heterocycles. The van der Waals surface area contributed by atoms with E-state index >= 15 is 0 Å². The van der Waals surface area contributed by atoms with Crippen LogP contribution in [0.2, 0.25) is 0 Å². The first-order valence-electron chi connectivity index (χ1n) is 31.2. The molecule has 1 amide bonds. The van der Waals surface area contributed by atoms with Crippen LogP contribution in [0.25, 0.3) is 0 Å². The monoisotopic (exact) mass is 1020 g/mol. The second-order valence-corrected chi connectivity index (χ2v) is 23.9. The molecule has 0 aromatic rings. The van der Waals surface area contributed by atoms with E-state index < -0.39 is 0 Å². The van der Waals surface area contributed by atoms with Gasteiger partial charge in [0, 0.05) is 35.6 Å². The molecule has 8 heteroatoms. The number of unbranched alkanes of at least 4 members (excludes halogenated alkanes) is 11. The smallest absolute Gasteiger partial charge is 0.306 e. The fraction of sp³-hybridized carbons (Fsp3) is 0.906. The van der Waals surface area contributed by atoms with Crippen LogP contribution in [0.4, 0.5) is 0 Å². The molecular formula is C64H124N2O6. The molecule has 2 fully saturated rings. The van der Waals surface area contributed by atoms with E-state index in [1.165, 1.54) is 148 Å². The lowest BCUT2D eigenvalue weighted by Gasteiger charge is -2.41. The van der Waals surface area contributed by atoms with E-state index in [9.17, 15) is 9.59 Å². The van der Waals surface area contributed by atoms with E-state index in [1.807, 2.05) is 0 Å². The predicted molar refractivity (Wildman–Crippen MR) is 311 cm³/mol. The van der Waals surface area contributed by atoms with Gasteiger partial charge < -0.3 is 29.2 Å². The van der Waals surface area contributed by atoms with Crippen LogP contribution in [0, 0.1) is 34.5 Å². The van der Waals surface area contributed by atoms with Crippen LogP contribution < -0.4 is 5.32 Å². The number of likely N-dealkylation sites (tertiary alicyclic amines) is 1. The van der Waals surface area contributed by atoms with Crippen LogP contribution in [0.15, 0.2) is 24.3 Å². The highest BCUT2D eigenvalue weighted by atomic mass is 16.6. The number of ether oxygens (including phenoxy) is 4. The molecule has 1 aliphatic carbocycles. The number of esters is 1. The Kier molecular flexibility index (Phi) is 40.0. The van der Waals surface area contributed by atoms with Crippen molar-refractivity contribution in [2.75, 3.05) is 65.8 Å². The Morgan fingerprint density at radius 1 is 0.708 bits per heavy atom. The lowest BCUT2D eigenvalue weighted by Crippen LogP contribution is -2.40. The maximum atomic E-state index is 12.5. The van der Waals surface area contributed by atoms with Crippen LogP contribution in [0.5, 0.6) is 0 Å². The summed E-state index contributed by atoms with van der Waals surface area (Å²) >= 11 is 0. The van der Waals surface area contributed by atoms with Gasteiger partial charge in [0.1, 0.15) is 0 Å². The topological polar surface area (TPSA) is 86.3 Å². The van der Waals surface area contributed by atoms with Crippen LogP contribution in [-0.2, 0) is 28.5 Å². The van der Waals surface area contributed by atoms with E-state index in [-0.39, 0.29) is 39.1 Å². The van der Waals surface area contributed by atoms with Gasteiger partial charge in [0.15, 0.2) is 0 Å². The molecule has 8 nitrogen and oxygen atoms in total. The van der Waals surface area contributed by atoms with E-state index in [4.69, 9.17) is 18.9 Å². The molecule has 72 heavy (non-hydrogen) atoms. The highest BCUT2D eigenvalue weighted by Gasteiger charge is 2.47. The summed E-state index contributed by atoms with van der Waals surface area (Å²) in [5.74, 6) is 3.02. The minimum atomic E-state index is -0.262. The van der Waals surface area contributed by atoms with E-state index in [0.717, 1.165) is 101 Å². The first-order chi connectivity index (χ1) is 35.0. The van der Waals surface area contributed by atoms with Crippen molar-refractivity contribution >= 4 is 11.9 Å². The Morgan fingerprint density at radius 3 is 2.10 bits per heavy atom. The van der Waals surface area contributed by atoms with Crippen LogP contribution in [-0.4, -0.2) is 88.7 Å². The molecular weight excluding hydrogens is 893 g/mol. The average molecular weight is 1020 g/mol. The molecule has 0 radical (unpaired) electrons. The lowest BCUT2D eigenvalue weighted by molar-refractivity contribution is -0.145. The van der Waals surface area contributed by atoms with Gasteiger partial charge in [-0.3, -0.25) is 9.59 Å². The third-order valence-electron chi connectivity index (χ3n) is 17.0. The molecule has 2 unspecified atom stereocenters. The number of hydrogen-bond donors (Lipinski definition) is 1. The Balaban J connectivity index is 0.0000266. The van der Waals surface area contributed by atoms with Gasteiger partial charge >= 0.3 is 5.97 Å². The number of carbonyl (C=O) groups excluding carboxylic acids is 2. The first-order valence-corrected chi connectivity index (χ1v) is 31.2. The maximum Gasteiger partial charge on any atom is 0.306 e. The van der Waals surface area contributed by atoms with Gasteiger partial charge in [-0.2, -0.15) is 0 Å². The molecule has 2 aliphatic rings. The van der Waals surface area contributed by atoms with Crippen LogP contribution in [0.1, 0.15) is 270 Å². The minimum absolute atomic E-state index is 0. The number of piperidine rings is 1. The standard InChI is InChI=1S/C64H120N2O6.2H2/c1-9-12-13-14-15-16-17-18-19-20-21-22-23-24-25-31-50-70-55-59(54-66-47-29-27-30-48-66)71-53-52-69-49-32-26-28-46-65-61(67)41-42-62(68)72-51-35-44-63(7,11-3)43-34-45-64(8)58(36-10-2)39-40-60(64)57(6)38-33-37-56(4)5;;/h15-16,18-19,56-60H,9-14,17,20-55H2,1-8H3,(H,65,67);2*1H/b16-15-,19-18-;;/t57-,58?,59?,60-,63+,64+;;/m1../s1. The zero-order chi connectivity index (χ0) is 52.4. The van der Waals surface area contributed by atoms with Crippen LogP contribution >= 0.6 is 0 Å². The zero-order valence-corrected chi connectivity index (χ0v) is 49.0. The summed E-state index contributed by atoms with van der Waals surface area (Å²) < 4.78 is 24.0. The number of amides is 1. The Hall–Kier alpha value is -1.74. The largest absolute Gasteiger partial charge is 0.466 e. The van der Waals surface area contributed by atoms with Crippen molar-refractivity contribution < 1.29 is 31.4 Å². The molecule has 6 atom stereocenters. The summed E-state index contributed by atoms with van der Waals surface area (Å²) in [6.07, 6.45) is 48.2. The van der Waals surface area contributed by atoms with Gasteiger partial charge in [-0.1, -0.05) is 170 Å². The normalized spacial score (nSPS) is 20.5. The summed E-state index contributed by atoms with van der Waals surface area (Å²) in [5.41, 5.74) is 0.736. The highest BCUT2D eigenvalue weighted by molar-refractivity contribution is 5.81. The molecule has 426 valence electrons. The molecule has 0 bridgehead atoms. The predicted octanol–water partition coefficient (Wildman–Crippen LogP) is 17.5. The van der Waals surface area contributed by atoms with Gasteiger partial charge in [-0.25, -0.2) is 0 Å². The van der Waals surface area contributed by atoms with Gasteiger partial charge in [-0.05, 0) is 157 Å². The second-order valence-electron chi connectivity index (χ2n) is 23.9. The first kappa shape index (κ1) is 66.4. The van der Waals surface area contributed by atoms with Crippen molar-refractivity contribution in [3.05, 3.63) is 24.3 Å². The third-order valence-corrected chi connectivity index (χ3v) is 17.0. The second kappa shape index (κ2) is 43.4. The lowest BCUT2D eigenvalue weighted by atomic mass is 9.64. The number of allylic oxidation sites excluding steroid dienone is 4. The van der Waals surface area contributed by atoms with Crippen molar-refractivity contribution in [3.8, 4) is 0 Å². The van der Waals surface area contributed by atoms with Crippen molar-refractivity contribution in [2.45, 2.75) is 273 Å².